The maximum Gasteiger partial charge on any atom is 0.217 e. The minimum atomic E-state index is -0.900. The molecule has 0 aromatic rings. The number of hydrogen-bond donors (Lipinski definition) is 4. The molecule has 0 spiro atoms. The second kappa shape index (κ2) is 11.0. The monoisotopic (exact) mass is 418 g/mol. The molecule has 0 bridgehead atoms. The SMILES string of the molecule is CN/N=N/C1(/N=N/NC)C=CC=C(SC2=CC=CC(/N=N/NC)(/N=N/NC)C2)C1. The van der Waals surface area contributed by atoms with E-state index in [0.717, 1.165) is 9.81 Å². The standard InChI is InChI=1S/C16H26N12S/c1-17-25-21-15(22-26-18-2)9-5-7-13(11-15)29-14-8-6-10-16(12-14,23-27-19-3)24-28-20-4/h5-10H,11-12H2,1-4H3,(H,17,21)(H,18,22)(H,19,23)(H,20,24). The molecule has 0 unspecified atom stereocenters. The number of hydrogen-bond acceptors (Lipinski definition) is 9. The zero-order valence-electron chi connectivity index (χ0n) is 16.9. The lowest BCUT2D eigenvalue weighted by molar-refractivity contribution is 0.467. The summed E-state index contributed by atoms with van der Waals surface area (Å²) in [5.74, 6) is 0. The van der Waals surface area contributed by atoms with Crippen LogP contribution in [0.2, 0.25) is 0 Å². The van der Waals surface area contributed by atoms with E-state index in [0.29, 0.717) is 12.8 Å². The van der Waals surface area contributed by atoms with Crippen molar-refractivity contribution in [2.24, 2.45) is 41.4 Å². The van der Waals surface area contributed by atoms with Crippen LogP contribution in [0, 0.1) is 0 Å². The zero-order valence-corrected chi connectivity index (χ0v) is 17.7. The summed E-state index contributed by atoms with van der Waals surface area (Å²) in [5, 5.41) is 32.7. The van der Waals surface area contributed by atoms with E-state index in [-0.39, 0.29) is 0 Å². The molecule has 0 aliphatic heterocycles. The quantitative estimate of drug-likeness (QED) is 0.318. The highest BCUT2D eigenvalue weighted by Gasteiger charge is 2.34. The third-order valence-corrected chi connectivity index (χ3v) is 4.80. The molecule has 156 valence electrons. The molecule has 2 rings (SSSR count). The predicted octanol–water partition coefficient (Wildman–Crippen LogP) is 3.15. The van der Waals surface area contributed by atoms with Crippen LogP contribution in [0.4, 0.5) is 0 Å². The lowest BCUT2D eigenvalue weighted by atomic mass is 10.0. The second-order valence-corrected chi connectivity index (χ2v) is 7.14. The highest BCUT2D eigenvalue weighted by molar-refractivity contribution is 8.06. The largest absolute Gasteiger partial charge is 0.295 e. The lowest BCUT2D eigenvalue weighted by Gasteiger charge is -2.26. The summed E-state index contributed by atoms with van der Waals surface area (Å²) in [6.45, 7) is 0. The van der Waals surface area contributed by atoms with Crippen LogP contribution in [0.25, 0.3) is 0 Å². The fourth-order valence-electron chi connectivity index (χ4n) is 2.54. The highest BCUT2D eigenvalue weighted by Crippen LogP contribution is 2.42. The van der Waals surface area contributed by atoms with Gasteiger partial charge in [-0.3, -0.25) is 21.7 Å². The van der Waals surface area contributed by atoms with Gasteiger partial charge >= 0.3 is 0 Å². The van der Waals surface area contributed by atoms with Crippen molar-refractivity contribution >= 4 is 11.8 Å². The molecule has 0 aromatic heterocycles. The van der Waals surface area contributed by atoms with Crippen molar-refractivity contribution < 1.29 is 0 Å². The Morgan fingerprint density at radius 2 is 1.00 bits per heavy atom. The number of allylic oxidation sites excluding steroid dienone is 4. The van der Waals surface area contributed by atoms with Gasteiger partial charge in [0.05, 0.1) is 0 Å². The number of nitrogens with one attached hydrogen (secondary N) is 4. The van der Waals surface area contributed by atoms with E-state index < -0.39 is 11.3 Å². The third kappa shape index (κ3) is 6.48. The van der Waals surface area contributed by atoms with Gasteiger partial charge in [0.2, 0.25) is 11.3 Å². The molecule has 0 amide bonds. The van der Waals surface area contributed by atoms with Gasteiger partial charge in [0, 0.05) is 41.0 Å². The molecule has 0 heterocycles. The maximum atomic E-state index is 4.28. The summed E-state index contributed by atoms with van der Waals surface area (Å²) >= 11 is 1.61. The van der Waals surface area contributed by atoms with Crippen LogP contribution < -0.4 is 21.7 Å². The van der Waals surface area contributed by atoms with Gasteiger partial charge in [-0.1, -0.05) is 57.0 Å². The predicted molar refractivity (Wildman–Crippen MR) is 112 cm³/mol. The Labute approximate surface area is 173 Å². The molecule has 13 heteroatoms. The fraction of sp³-hybridized carbons (Fsp3) is 0.500. The van der Waals surface area contributed by atoms with E-state index in [2.05, 4.69) is 63.1 Å². The molecule has 2 aliphatic carbocycles. The van der Waals surface area contributed by atoms with Crippen molar-refractivity contribution in [1.29, 1.82) is 0 Å². The van der Waals surface area contributed by atoms with Crippen LogP contribution in [-0.2, 0) is 0 Å². The van der Waals surface area contributed by atoms with Gasteiger partial charge in [-0.25, -0.2) is 0 Å². The third-order valence-electron chi connectivity index (χ3n) is 3.71. The van der Waals surface area contributed by atoms with Crippen LogP contribution in [0.15, 0.2) is 87.6 Å². The fourth-order valence-corrected chi connectivity index (χ4v) is 3.74. The maximum absolute atomic E-state index is 4.28. The molecule has 29 heavy (non-hydrogen) atoms. The van der Waals surface area contributed by atoms with Gasteiger partial charge in [0.15, 0.2) is 0 Å². The van der Waals surface area contributed by atoms with Crippen molar-refractivity contribution in [1.82, 2.24) is 21.7 Å². The summed E-state index contributed by atoms with van der Waals surface area (Å²) in [6, 6.07) is 0. The van der Waals surface area contributed by atoms with Gasteiger partial charge in [-0.15, -0.1) is 20.5 Å². The lowest BCUT2D eigenvalue weighted by Crippen LogP contribution is -2.25. The van der Waals surface area contributed by atoms with E-state index in [9.17, 15) is 0 Å². The molecule has 0 aromatic carbocycles. The van der Waals surface area contributed by atoms with E-state index in [1.165, 1.54) is 0 Å². The Morgan fingerprint density at radius 3 is 1.31 bits per heavy atom. The zero-order chi connectivity index (χ0) is 21.0. The summed E-state index contributed by atoms with van der Waals surface area (Å²) in [7, 11) is 6.73. The van der Waals surface area contributed by atoms with Crippen molar-refractivity contribution in [2.45, 2.75) is 24.2 Å². The van der Waals surface area contributed by atoms with Crippen LogP contribution in [0.1, 0.15) is 12.8 Å². The average Bonchev–Trinajstić information content (AvgIpc) is 2.74. The molecule has 0 radical (unpaired) electrons. The molecule has 12 nitrogen and oxygen atoms in total. The number of thioether (sulfide) groups is 1. The molecular formula is C16H26N12S. The van der Waals surface area contributed by atoms with E-state index in [1.807, 2.05) is 36.5 Å². The first-order valence-electron chi connectivity index (χ1n) is 8.90. The summed E-state index contributed by atoms with van der Waals surface area (Å²) < 4.78 is 0. The Hall–Kier alpha value is -3.09. The van der Waals surface area contributed by atoms with E-state index in [4.69, 9.17) is 0 Å². The first-order chi connectivity index (χ1) is 14.1. The highest BCUT2D eigenvalue weighted by atomic mass is 32.2. The summed E-state index contributed by atoms with van der Waals surface area (Å²) in [6.07, 6.45) is 12.6. The molecule has 0 saturated carbocycles. The summed E-state index contributed by atoms with van der Waals surface area (Å²) in [5.41, 5.74) is 8.84. The first-order valence-corrected chi connectivity index (χ1v) is 9.72. The van der Waals surface area contributed by atoms with Gasteiger partial charge in [0.1, 0.15) is 0 Å². The minimum absolute atomic E-state index is 0.522. The Balaban J connectivity index is 2.18. The molecule has 0 saturated heterocycles. The van der Waals surface area contributed by atoms with Crippen molar-refractivity contribution in [3.63, 3.8) is 0 Å². The van der Waals surface area contributed by atoms with Crippen LogP contribution >= 0.6 is 11.8 Å². The minimum Gasteiger partial charge on any atom is -0.295 e. The van der Waals surface area contributed by atoms with E-state index in [1.54, 1.807) is 40.0 Å². The van der Waals surface area contributed by atoms with E-state index >= 15 is 0 Å². The van der Waals surface area contributed by atoms with Gasteiger partial charge in [0.25, 0.3) is 0 Å². The average molecular weight is 419 g/mol. The van der Waals surface area contributed by atoms with Crippen LogP contribution in [0.3, 0.4) is 0 Å². The van der Waals surface area contributed by atoms with Crippen molar-refractivity contribution in [3.05, 3.63) is 46.3 Å². The second-order valence-electron chi connectivity index (χ2n) is 5.89. The molecule has 4 N–H and O–H groups in total. The first kappa shape index (κ1) is 22.2. The van der Waals surface area contributed by atoms with Gasteiger partial charge in [-0.05, 0) is 22.0 Å². The van der Waals surface area contributed by atoms with Crippen molar-refractivity contribution in [2.75, 3.05) is 28.2 Å². The van der Waals surface area contributed by atoms with Gasteiger partial charge < -0.3 is 0 Å². The van der Waals surface area contributed by atoms with Gasteiger partial charge in [-0.2, -0.15) is 0 Å². The Morgan fingerprint density at radius 1 is 0.655 bits per heavy atom. The Bertz CT molecular complexity index is 685. The topological polar surface area (TPSA) is 147 Å². The van der Waals surface area contributed by atoms with Crippen LogP contribution in [0.5, 0.6) is 0 Å². The molecule has 0 atom stereocenters. The molecule has 2 aliphatic rings. The normalized spacial score (nSPS) is 20.4. The number of rotatable bonds is 10. The molecular weight excluding hydrogens is 392 g/mol. The van der Waals surface area contributed by atoms with Crippen LogP contribution in [-0.4, -0.2) is 39.5 Å². The Kier molecular flexibility index (Phi) is 8.45. The smallest absolute Gasteiger partial charge is 0.217 e. The molecule has 0 fully saturated rings. The van der Waals surface area contributed by atoms with Crippen molar-refractivity contribution in [3.8, 4) is 0 Å². The summed E-state index contributed by atoms with van der Waals surface area (Å²) in [4.78, 5) is 2.12. The number of nitrogens with zero attached hydrogens (tertiary/aromatic N) is 8.